The predicted octanol–water partition coefficient (Wildman–Crippen LogP) is 1.40. The quantitative estimate of drug-likeness (QED) is 0.663. The Kier molecular flexibility index (Phi) is 7.01. The lowest BCUT2D eigenvalue weighted by molar-refractivity contribution is 0.131. The van der Waals surface area contributed by atoms with Gasteiger partial charge in [-0.1, -0.05) is 20.8 Å². The van der Waals surface area contributed by atoms with Crippen LogP contribution in [-0.2, 0) is 0 Å². The van der Waals surface area contributed by atoms with E-state index in [2.05, 4.69) is 35.9 Å². The number of rotatable bonds is 7. The molecule has 0 aliphatic carbocycles. The van der Waals surface area contributed by atoms with Gasteiger partial charge in [0.25, 0.3) is 0 Å². The van der Waals surface area contributed by atoms with Crippen LogP contribution in [-0.4, -0.2) is 61.7 Å². The maximum atomic E-state index is 3.48. The lowest BCUT2D eigenvalue weighted by atomic mass is 10.2. The van der Waals surface area contributed by atoms with E-state index in [-0.39, 0.29) is 0 Å². The molecular weight excluding hydrogens is 198 g/mol. The highest BCUT2D eigenvalue weighted by molar-refractivity contribution is 4.71. The molecule has 0 aromatic carbocycles. The molecule has 1 rings (SSSR count). The van der Waals surface area contributed by atoms with Crippen LogP contribution in [0.15, 0.2) is 0 Å². The van der Waals surface area contributed by atoms with Crippen LogP contribution in [0.2, 0.25) is 0 Å². The van der Waals surface area contributed by atoms with Crippen molar-refractivity contribution >= 4 is 0 Å². The fourth-order valence-corrected chi connectivity index (χ4v) is 2.25. The van der Waals surface area contributed by atoms with E-state index < -0.39 is 0 Å². The smallest absolute Gasteiger partial charge is 0.0110 e. The summed E-state index contributed by atoms with van der Waals surface area (Å²) in [5, 5.41) is 3.48. The maximum Gasteiger partial charge on any atom is 0.0110 e. The molecule has 1 heterocycles. The van der Waals surface area contributed by atoms with E-state index >= 15 is 0 Å². The topological polar surface area (TPSA) is 18.5 Å². The Bertz CT molecular complexity index is 163. The summed E-state index contributed by atoms with van der Waals surface area (Å²) in [4.78, 5) is 5.19. The first-order valence-corrected chi connectivity index (χ1v) is 6.90. The van der Waals surface area contributed by atoms with E-state index in [1.807, 2.05) is 0 Å². The van der Waals surface area contributed by atoms with Gasteiger partial charge in [0, 0.05) is 32.2 Å². The first kappa shape index (κ1) is 13.9. The van der Waals surface area contributed by atoms with Gasteiger partial charge in [-0.05, 0) is 32.5 Å². The molecular formula is C13H29N3. The third-order valence-corrected chi connectivity index (χ3v) is 3.21. The first-order valence-electron chi connectivity index (χ1n) is 6.90. The van der Waals surface area contributed by atoms with Crippen molar-refractivity contribution in [2.75, 3.05) is 45.8 Å². The fourth-order valence-electron chi connectivity index (χ4n) is 2.25. The number of nitrogens with zero attached hydrogens (tertiary/aromatic N) is 2. The third-order valence-electron chi connectivity index (χ3n) is 3.21. The van der Waals surface area contributed by atoms with E-state index in [1.165, 1.54) is 52.1 Å². The Morgan fingerprint density at radius 1 is 1.00 bits per heavy atom. The van der Waals surface area contributed by atoms with Gasteiger partial charge >= 0.3 is 0 Å². The monoisotopic (exact) mass is 227 g/mol. The highest BCUT2D eigenvalue weighted by Crippen LogP contribution is 2.02. The van der Waals surface area contributed by atoms with E-state index in [0.717, 1.165) is 6.54 Å². The van der Waals surface area contributed by atoms with Crippen molar-refractivity contribution < 1.29 is 0 Å². The molecule has 1 aliphatic heterocycles. The van der Waals surface area contributed by atoms with Crippen molar-refractivity contribution in [2.24, 2.45) is 0 Å². The van der Waals surface area contributed by atoms with E-state index in [1.54, 1.807) is 0 Å². The maximum absolute atomic E-state index is 3.48. The van der Waals surface area contributed by atoms with Crippen LogP contribution in [0.3, 0.4) is 0 Å². The summed E-state index contributed by atoms with van der Waals surface area (Å²) in [6, 6.07) is 0.626. The zero-order valence-electron chi connectivity index (χ0n) is 11.3. The molecule has 1 fully saturated rings. The molecule has 16 heavy (non-hydrogen) atoms. The molecule has 1 N–H and O–H groups in total. The van der Waals surface area contributed by atoms with Crippen LogP contribution in [0.4, 0.5) is 0 Å². The van der Waals surface area contributed by atoms with Crippen LogP contribution < -0.4 is 5.32 Å². The summed E-state index contributed by atoms with van der Waals surface area (Å²) in [6.45, 7) is 15.5. The number of piperazine rings is 1. The number of hydrogen-bond donors (Lipinski definition) is 1. The van der Waals surface area contributed by atoms with Crippen molar-refractivity contribution in [3.05, 3.63) is 0 Å². The Balaban J connectivity index is 1.99. The summed E-state index contributed by atoms with van der Waals surface area (Å²) in [5.41, 5.74) is 0. The van der Waals surface area contributed by atoms with E-state index in [9.17, 15) is 0 Å². The highest BCUT2D eigenvalue weighted by Gasteiger charge is 2.14. The van der Waals surface area contributed by atoms with Gasteiger partial charge in [0.2, 0.25) is 0 Å². The van der Waals surface area contributed by atoms with Gasteiger partial charge in [-0.25, -0.2) is 0 Å². The molecule has 0 atom stereocenters. The minimum atomic E-state index is 0.626. The van der Waals surface area contributed by atoms with Gasteiger partial charge in [0.1, 0.15) is 0 Å². The number of nitrogens with one attached hydrogen (secondary N) is 1. The normalized spacial score (nSPS) is 19.5. The molecule has 3 heteroatoms. The summed E-state index contributed by atoms with van der Waals surface area (Å²) in [6.07, 6.45) is 2.57. The second-order valence-corrected chi connectivity index (χ2v) is 5.15. The van der Waals surface area contributed by atoms with Gasteiger partial charge in [-0.3, -0.25) is 0 Å². The summed E-state index contributed by atoms with van der Waals surface area (Å²) in [5.74, 6) is 0. The predicted molar refractivity (Wildman–Crippen MR) is 70.9 cm³/mol. The van der Waals surface area contributed by atoms with Crippen molar-refractivity contribution in [2.45, 2.75) is 39.7 Å². The average Bonchev–Trinajstić information content (AvgIpc) is 2.27. The number of hydrogen-bond acceptors (Lipinski definition) is 3. The van der Waals surface area contributed by atoms with Crippen molar-refractivity contribution in [3.63, 3.8) is 0 Å². The Hall–Kier alpha value is -0.120. The summed E-state index contributed by atoms with van der Waals surface area (Å²) in [7, 11) is 0. The standard InChI is InChI=1S/C13H29N3/c1-4-7-15-9-11-16(12-10-15)8-5-6-14-13(2)3/h13-14H,4-12H2,1-3H3. The highest BCUT2D eigenvalue weighted by atomic mass is 15.3. The van der Waals surface area contributed by atoms with Gasteiger partial charge in [0.15, 0.2) is 0 Å². The lowest BCUT2D eigenvalue weighted by Gasteiger charge is -2.34. The zero-order valence-corrected chi connectivity index (χ0v) is 11.3. The fraction of sp³-hybridized carbons (Fsp3) is 1.00. The molecule has 0 bridgehead atoms. The van der Waals surface area contributed by atoms with Crippen LogP contribution >= 0.6 is 0 Å². The molecule has 96 valence electrons. The molecule has 0 unspecified atom stereocenters. The molecule has 0 aromatic heterocycles. The molecule has 0 radical (unpaired) electrons. The van der Waals surface area contributed by atoms with E-state index in [0.29, 0.717) is 6.04 Å². The van der Waals surface area contributed by atoms with Gasteiger partial charge in [0.05, 0.1) is 0 Å². The van der Waals surface area contributed by atoms with E-state index in [4.69, 9.17) is 0 Å². The SMILES string of the molecule is CCCN1CCN(CCCNC(C)C)CC1. The van der Waals surface area contributed by atoms with Gasteiger partial charge in [-0.15, -0.1) is 0 Å². The van der Waals surface area contributed by atoms with Gasteiger partial charge in [-0.2, -0.15) is 0 Å². The second kappa shape index (κ2) is 8.04. The molecule has 0 amide bonds. The molecule has 0 aromatic rings. The molecule has 1 aliphatic rings. The van der Waals surface area contributed by atoms with Gasteiger partial charge < -0.3 is 15.1 Å². The van der Waals surface area contributed by atoms with Crippen LogP contribution in [0.1, 0.15) is 33.6 Å². The minimum absolute atomic E-state index is 0.626. The summed E-state index contributed by atoms with van der Waals surface area (Å²) < 4.78 is 0. The lowest BCUT2D eigenvalue weighted by Crippen LogP contribution is -2.47. The molecule has 1 saturated heterocycles. The molecule has 0 saturated carbocycles. The second-order valence-electron chi connectivity index (χ2n) is 5.15. The van der Waals surface area contributed by atoms with Crippen molar-refractivity contribution in [1.29, 1.82) is 0 Å². The average molecular weight is 227 g/mol. The van der Waals surface area contributed by atoms with Crippen LogP contribution in [0.25, 0.3) is 0 Å². The zero-order chi connectivity index (χ0) is 11.8. The Morgan fingerprint density at radius 3 is 2.06 bits per heavy atom. The Labute approximate surface area is 101 Å². The van der Waals surface area contributed by atoms with Crippen LogP contribution in [0, 0.1) is 0 Å². The van der Waals surface area contributed by atoms with Crippen molar-refractivity contribution in [3.8, 4) is 0 Å². The summed E-state index contributed by atoms with van der Waals surface area (Å²) >= 11 is 0. The first-order chi connectivity index (χ1) is 7.72. The minimum Gasteiger partial charge on any atom is -0.314 e. The Morgan fingerprint density at radius 2 is 1.56 bits per heavy atom. The molecule has 0 spiro atoms. The van der Waals surface area contributed by atoms with Crippen molar-refractivity contribution in [1.82, 2.24) is 15.1 Å². The molecule has 3 nitrogen and oxygen atoms in total. The third kappa shape index (κ3) is 5.83. The van der Waals surface area contributed by atoms with Crippen LogP contribution in [0.5, 0.6) is 0 Å². The largest absolute Gasteiger partial charge is 0.314 e.